The van der Waals surface area contributed by atoms with Gasteiger partial charge in [-0.15, -0.1) is 0 Å². The molecule has 0 aliphatic heterocycles. The van der Waals surface area contributed by atoms with Gasteiger partial charge in [0.1, 0.15) is 11.6 Å². The van der Waals surface area contributed by atoms with Crippen molar-refractivity contribution in [3.8, 4) is 0 Å². The fourth-order valence-corrected chi connectivity index (χ4v) is 2.60. The molecule has 2 amide bonds. The van der Waals surface area contributed by atoms with Crippen LogP contribution in [0.3, 0.4) is 0 Å². The number of amides is 2. The Morgan fingerprint density at radius 3 is 2.27 bits per heavy atom. The van der Waals surface area contributed by atoms with Crippen LogP contribution < -0.4 is 16.0 Å². The fraction of sp³-hybridized carbons (Fsp3) is 0.524. The van der Waals surface area contributed by atoms with Gasteiger partial charge in [0.25, 0.3) is 0 Å². The lowest BCUT2D eigenvalue weighted by atomic mass is 10.0. The molecule has 1 aromatic carbocycles. The van der Waals surface area contributed by atoms with E-state index in [9.17, 15) is 23.5 Å². The first-order valence-corrected chi connectivity index (χ1v) is 9.76. The number of carbonyl (C=O) groups is 2. The highest BCUT2D eigenvalue weighted by Gasteiger charge is 2.24. The van der Waals surface area contributed by atoms with E-state index in [-0.39, 0.29) is 30.2 Å². The van der Waals surface area contributed by atoms with Crippen LogP contribution in [0.4, 0.5) is 13.6 Å². The lowest BCUT2D eigenvalue weighted by Crippen LogP contribution is -2.52. The quantitative estimate of drug-likeness (QED) is 0.406. The summed E-state index contributed by atoms with van der Waals surface area (Å²) in [7, 11) is 0. The van der Waals surface area contributed by atoms with E-state index < -0.39 is 35.9 Å². The van der Waals surface area contributed by atoms with Gasteiger partial charge in [-0.05, 0) is 43.9 Å². The van der Waals surface area contributed by atoms with Crippen LogP contribution in [-0.4, -0.2) is 48.4 Å². The van der Waals surface area contributed by atoms with Crippen molar-refractivity contribution in [3.05, 3.63) is 47.7 Å². The van der Waals surface area contributed by atoms with Crippen molar-refractivity contribution in [2.75, 3.05) is 13.1 Å². The van der Waals surface area contributed by atoms with Crippen LogP contribution in [0.5, 0.6) is 0 Å². The van der Waals surface area contributed by atoms with Gasteiger partial charge >= 0.3 is 6.09 Å². The molecule has 4 N–H and O–H groups in total. The third-order valence-electron chi connectivity index (χ3n) is 4.12. The molecular weight excluding hydrogens is 396 g/mol. The predicted octanol–water partition coefficient (Wildman–Crippen LogP) is 2.25. The Labute approximate surface area is 175 Å². The van der Waals surface area contributed by atoms with Gasteiger partial charge in [-0.2, -0.15) is 0 Å². The Morgan fingerprint density at radius 2 is 1.73 bits per heavy atom. The second-order valence-corrected chi connectivity index (χ2v) is 7.66. The molecule has 0 bridgehead atoms. The van der Waals surface area contributed by atoms with Gasteiger partial charge in [0.2, 0.25) is 5.91 Å². The molecule has 0 saturated heterocycles. The normalized spacial score (nSPS) is 14.0. The molecule has 3 atom stereocenters. The zero-order valence-electron chi connectivity index (χ0n) is 17.8. The molecule has 9 heteroatoms. The molecule has 7 nitrogen and oxygen atoms in total. The molecule has 0 aliphatic carbocycles. The van der Waals surface area contributed by atoms with Gasteiger partial charge < -0.3 is 25.8 Å². The van der Waals surface area contributed by atoms with Crippen molar-refractivity contribution < 1.29 is 28.2 Å². The number of halogens is 2. The molecule has 30 heavy (non-hydrogen) atoms. The summed E-state index contributed by atoms with van der Waals surface area (Å²) >= 11 is 0. The minimum absolute atomic E-state index is 0.0495. The second-order valence-electron chi connectivity index (χ2n) is 7.66. The van der Waals surface area contributed by atoms with Gasteiger partial charge in [0, 0.05) is 19.2 Å². The van der Waals surface area contributed by atoms with Crippen LogP contribution in [0, 0.1) is 17.6 Å². The molecule has 0 aliphatic rings. The number of benzene rings is 1. The molecule has 0 saturated carbocycles. The minimum atomic E-state index is -1.17. The van der Waals surface area contributed by atoms with Gasteiger partial charge in [0.05, 0.1) is 23.9 Å². The summed E-state index contributed by atoms with van der Waals surface area (Å²) in [5.74, 6) is -1.32. The van der Waals surface area contributed by atoms with Crippen LogP contribution in [0.1, 0.15) is 33.3 Å². The first kappa shape index (κ1) is 25.5. The van der Waals surface area contributed by atoms with E-state index in [1.165, 1.54) is 6.92 Å². The summed E-state index contributed by atoms with van der Waals surface area (Å²) in [4.78, 5) is 24.0. The smallest absolute Gasteiger partial charge is 0.412 e. The summed E-state index contributed by atoms with van der Waals surface area (Å²) in [5, 5.41) is 18.7. The molecular formula is C21H31F2N3O4. The van der Waals surface area contributed by atoms with Gasteiger partial charge in [-0.3, -0.25) is 4.79 Å². The third kappa shape index (κ3) is 9.80. The van der Waals surface area contributed by atoms with Crippen LogP contribution in [0.25, 0.3) is 0 Å². The van der Waals surface area contributed by atoms with Crippen LogP contribution in [-0.2, 0) is 16.0 Å². The molecule has 1 aromatic rings. The average molecular weight is 427 g/mol. The fourth-order valence-electron chi connectivity index (χ4n) is 2.60. The molecule has 0 spiro atoms. The lowest BCUT2D eigenvalue weighted by molar-refractivity contribution is -0.123. The summed E-state index contributed by atoms with van der Waals surface area (Å²) in [6.07, 6.45) is -2.09. The second kappa shape index (κ2) is 12.2. The monoisotopic (exact) mass is 427 g/mol. The first-order chi connectivity index (χ1) is 14.0. The summed E-state index contributed by atoms with van der Waals surface area (Å²) in [6, 6.07) is 1.44. The molecule has 0 aromatic heterocycles. The van der Waals surface area contributed by atoms with E-state index in [0.717, 1.165) is 18.2 Å². The number of aliphatic hydroxyl groups excluding tert-OH is 1. The summed E-state index contributed by atoms with van der Waals surface area (Å²) in [5.41, 5.74) is 0.245. The van der Waals surface area contributed by atoms with Gasteiger partial charge in [-0.1, -0.05) is 20.4 Å². The zero-order chi connectivity index (χ0) is 22.8. The van der Waals surface area contributed by atoms with Crippen LogP contribution in [0.2, 0.25) is 0 Å². The first-order valence-electron chi connectivity index (χ1n) is 9.76. The number of alkyl carbamates (subject to hydrolysis) is 1. The highest BCUT2D eigenvalue weighted by molar-refractivity contribution is 5.81. The number of aliphatic hydroxyl groups is 1. The number of carbonyl (C=O) groups excluding carboxylic acids is 2. The highest BCUT2D eigenvalue weighted by atomic mass is 19.1. The topological polar surface area (TPSA) is 99.7 Å². The van der Waals surface area contributed by atoms with E-state index in [4.69, 9.17) is 4.74 Å². The SMILES string of the molecule is C=C(C)OC(=O)N[C@@H](Cc1cc(F)cc(F)c1)[C@H](O)CNC(C)C(=O)NCC(C)C. The van der Waals surface area contributed by atoms with Crippen molar-refractivity contribution in [1.82, 2.24) is 16.0 Å². The number of ether oxygens (including phenoxy) is 1. The Hall–Kier alpha value is -2.52. The van der Waals surface area contributed by atoms with Gasteiger partial charge in [-0.25, -0.2) is 13.6 Å². The van der Waals surface area contributed by atoms with Crippen molar-refractivity contribution in [2.24, 2.45) is 5.92 Å². The maximum absolute atomic E-state index is 13.5. The van der Waals surface area contributed by atoms with E-state index in [2.05, 4.69) is 22.5 Å². The standard InChI is InChI=1S/C21H31F2N3O4/c1-12(2)10-25-20(28)14(5)24-11-19(27)18(26-21(29)30-13(3)4)8-15-6-16(22)9-17(23)7-15/h6-7,9,12,14,18-19,24,27H,3,8,10-11H2,1-2,4-5H3,(H,25,28)(H,26,29)/t14?,18-,19+/m0/s1. The summed E-state index contributed by atoms with van der Waals surface area (Å²) in [6.45, 7) is 11.0. The zero-order valence-corrected chi connectivity index (χ0v) is 17.8. The largest absolute Gasteiger partial charge is 0.416 e. The lowest BCUT2D eigenvalue weighted by Gasteiger charge is -2.25. The Morgan fingerprint density at radius 1 is 1.13 bits per heavy atom. The van der Waals surface area contributed by atoms with E-state index in [1.807, 2.05) is 13.8 Å². The maximum atomic E-state index is 13.5. The van der Waals surface area contributed by atoms with Crippen molar-refractivity contribution in [1.29, 1.82) is 0 Å². The number of hydrogen-bond acceptors (Lipinski definition) is 5. The molecule has 1 unspecified atom stereocenters. The van der Waals surface area contributed by atoms with Crippen molar-refractivity contribution in [2.45, 2.75) is 52.3 Å². The van der Waals surface area contributed by atoms with Crippen molar-refractivity contribution >= 4 is 12.0 Å². The van der Waals surface area contributed by atoms with Crippen LogP contribution in [0.15, 0.2) is 30.5 Å². The third-order valence-corrected chi connectivity index (χ3v) is 4.12. The summed E-state index contributed by atoms with van der Waals surface area (Å²) < 4.78 is 31.9. The number of allylic oxidation sites excluding steroid dienone is 1. The number of rotatable bonds is 11. The molecule has 0 fully saturated rings. The highest BCUT2D eigenvalue weighted by Crippen LogP contribution is 2.12. The average Bonchev–Trinajstić information content (AvgIpc) is 2.61. The van der Waals surface area contributed by atoms with E-state index in [0.29, 0.717) is 12.5 Å². The molecule has 0 heterocycles. The Bertz CT molecular complexity index is 723. The Balaban J connectivity index is 2.80. The number of hydrogen-bond donors (Lipinski definition) is 4. The predicted molar refractivity (Wildman–Crippen MR) is 110 cm³/mol. The van der Waals surface area contributed by atoms with E-state index in [1.54, 1.807) is 6.92 Å². The molecule has 0 radical (unpaired) electrons. The van der Waals surface area contributed by atoms with Gasteiger partial charge in [0.15, 0.2) is 0 Å². The number of nitrogens with one attached hydrogen (secondary N) is 3. The molecule has 168 valence electrons. The van der Waals surface area contributed by atoms with Crippen LogP contribution >= 0.6 is 0 Å². The Kier molecular flexibility index (Phi) is 10.4. The minimum Gasteiger partial charge on any atom is -0.416 e. The van der Waals surface area contributed by atoms with E-state index >= 15 is 0 Å². The molecule has 1 rings (SSSR count). The van der Waals surface area contributed by atoms with Crippen molar-refractivity contribution in [3.63, 3.8) is 0 Å². The maximum Gasteiger partial charge on any atom is 0.412 e.